The molecule has 32 heavy (non-hydrogen) atoms. The fourth-order valence-electron chi connectivity index (χ4n) is 3.75. The van der Waals surface area contributed by atoms with Crippen LogP contribution in [0.25, 0.3) is 16.7 Å². The van der Waals surface area contributed by atoms with Crippen LogP contribution in [0.1, 0.15) is 21.7 Å². The average Bonchev–Trinajstić information content (AvgIpc) is 3.12. The molecule has 0 spiro atoms. The molecule has 0 atom stereocenters. The Kier molecular flexibility index (Phi) is 6.23. The molecule has 0 unspecified atom stereocenters. The minimum absolute atomic E-state index is 0.280. The zero-order chi connectivity index (χ0) is 22.7. The lowest BCUT2D eigenvalue weighted by atomic mass is 10.1. The van der Waals surface area contributed by atoms with Crippen LogP contribution < -0.4 is 0 Å². The van der Waals surface area contributed by atoms with Crippen LogP contribution >= 0.6 is 11.6 Å². The van der Waals surface area contributed by atoms with E-state index in [0.29, 0.717) is 22.5 Å². The maximum absolute atomic E-state index is 13.2. The van der Waals surface area contributed by atoms with Crippen molar-refractivity contribution in [1.82, 2.24) is 14.5 Å². The minimum Gasteiger partial charge on any atom is -0.480 e. The summed E-state index contributed by atoms with van der Waals surface area (Å²) >= 11 is 5.92. The lowest BCUT2D eigenvalue weighted by Gasteiger charge is -2.21. The monoisotopic (exact) mass is 447 g/mol. The summed E-state index contributed by atoms with van der Waals surface area (Å²) in [6.45, 7) is 1.82. The van der Waals surface area contributed by atoms with Gasteiger partial charge in [-0.05, 0) is 61.4 Å². The lowest BCUT2D eigenvalue weighted by molar-refractivity contribution is -0.137. The summed E-state index contributed by atoms with van der Waals surface area (Å²) in [5, 5.41) is 9.95. The van der Waals surface area contributed by atoms with Gasteiger partial charge in [-0.1, -0.05) is 41.9 Å². The smallest absolute Gasteiger partial charge is 0.323 e. The summed E-state index contributed by atoms with van der Waals surface area (Å²) in [6.07, 6.45) is 0.528. The van der Waals surface area contributed by atoms with E-state index in [1.165, 1.54) is 4.90 Å². The van der Waals surface area contributed by atoms with Crippen molar-refractivity contribution in [1.29, 1.82) is 0 Å². The van der Waals surface area contributed by atoms with Crippen LogP contribution in [0.4, 0.5) is 0 Å². The standard InChI is InChI=1S/C25H22ClN3O3/c1-17-27-22-15-19(9-12-23(22)29(17)21-5-3-2-4-6-21)25(32)28(16-24(30)31)14-13-18-7-10-20(26)11-8-18/h2-12,15H,13-14,16H2,1H3,(H,30,31). The van der Waals surface area contributed by atoms with E-state index >= 15 is 0 Å². The van der Waals surface area contributed by atoms with E-state index in [4.69, 9.17) is 11.6 Å². The molecule has 0 aliphatic rings. The highest BCUT2D eigenvalue weighted by molar-refractivity contribution is 6.30. The molecule has 0 aliphatic carbocycles. The molecule has 162 valence electrons. The van der Waals surface area contributed by atoms with E-state index in [9.17, 15) is 14.7 Å². The maximum Gasteiger partial charge on any atom is 0.323 e. The van der Waals surface area contributed by atoms with Crippen LogP contribution in [-0.4, -0.2) is 44.5 Å². The number of hydrogen-bond donors (Lipinski definition) is 1. The predicted molar refractivity (Wildman–Crippen MR) is 125 cm³/mol. The van der Waals surface area contributed by atoms with E-state index in [1.807, 2.05) is 60.0 Å². The van der Waals surface area contributed by atoms with E-state index in [2.05, 4.69) is 4.98 Å². The number of carbonyl (C=O) groups excluding carboxylic acids is 1. The van der Waals surface area contributed by atoms with Crippen LogP contribution in [-0.2, 0) is 11.2 Å². The van der Waals surface area contributed by atoms with Gasteiger partial charge in [0.05, 0.1) is 11.0 Å². The van der Waals surface area contributed by atoms with Gasteiger partial charge in [0.2, 0.25) is 0 Å². The number of rotatable bonds is 7. The number of carbonyl (C=O) groups is 2. The van der Waals surface area contributed by atoms with E-state index in [0.717, 1.165) is 22.6 Å². The van der Waals surface area contributed by atoms with Gasteiger partial charge in [-0.15, -0.1) is 0 Å². The number of nitrogens with zero attached hydrogens (tertiary/aromatic N) is 3. The van der Waals surface area contributed by atoms with Gasteiger partial charge in [0.15, 0.2) is 0 Å². The molecule has 3 aromatic carbocycles. The van der Waals surface area contributed by atoms with E-state index in [-0.39, 0.29) is 19.0 Å². The quantitative estimate of drug-likeness (QED) is 0.443. The fourth-order valence-corrected chi connectivity index (χ4v) is 3.88. The molecule has 0 saturated carbocycles. The number of benzene rings is 3. The summed E-state index contributed by atoms with van der Waals surface area (Å²) in [6, 6.07) is 22.5. The molecule has 0 radical (unpaired) electrons. The molecule has 1 N–H and O–H groups in total. The summed E-state index contributed by atoms with van der Waals surface area (Å²) in [5.74, 6) is -0.587. The third-order valence-electron chi connectivity index (χ3n) is 5.28. The topological polar surface area (TPSA) is 75.4 Å². The van der Waals surface area contributed by atoms with Gasteiger partial charge in [-0.3, -0.25) is 14.2 Å². The highest BCUT2D eigenvalue weighted by atomic mass is 35.5. The highest BCUT2D eigenvalue weighted by Gasteiger charge is 2.20. The van der Waals surface area contributed by atoms with Crippen LogP contribution in [0.15, 0.2) is 72.8 Å². The third-order valence-corrected chi connectivity index (χ3v) is 5.53. The summed E-state index contributed by atoms with van der Waals surface area (Å²) in [4.78, 5) is 30.5. The molecule has 0 saturated heterocycles. The molecule has 1 amide bonds. The number of amides is 1. The molecule has 0 aliphatic heterocycles. The normalized spacial score (nSPS) is 10.9. The largest absolute Gasteiger partial charge is 0.480 e. The Morgan fingerprint density at radius 1 is 1.03 bits per heavy atom. The molecule has 0 bridgehead atoms. The Balaban J connectivity index is 1.61. The maximum atomic E-state index is 13.2. The van der Waals surface area contributed by atoms with Crippen molar-refractivity contribution in [3.8, 4) is 5.69 Å². The number of aliphatic carboxylic acids is 1. The van der Waals surface area contributed by atoms with Crippen LogP contribution in [0.2, 0.25) is 5.02 Å². The van der Waals surface area contributed by atoms with Gasteiger partial charge in [-0.2, -0.15) is 0 Å². The van der Waals surface area contributed by atoms with Crippen LogP contribution in [0, 0.1) is 6.92 Å². The number of aromatic nitrogens is 2. The first-order chi connectivity index (χ1) is 15.4. The van der Waals surface area contributed by atoms with Crippen molar-refractivity contribution in [2.75, 3.05) is 13.1 Å². The summed E-state index contributed by atoms with van der Waals surface area (Å²) < 4.78 is 2.03. The van der Waals surface area contributed by atoms with Crippen molar-refractivity contribution < 1.29 is 14.7 Å². The van der Waals surface area contributed by atoms with Gasteiger partial charge < -0.3 is 10.0 Å². The van der Waals surface area contributed by atoms with Crippen LogP contribution in [0.3, 0.4) is 0 Å². The second kappa shape index (κ2) is 9.24. The van der Waals surface area contributed by atoms with E-state index < -0.39 is 5.97 Å². The number of carboxylic acid groups (broad SMARTS) is 1. The second-order valence-corrected chi connectivity index (χ2v) is 7.97. The van der Waals surface area contributed by atoms with E-state index in [1.54, 1.807) is 24.3 Å². The van der Waals surface area contributed by atoms with Crippen molar-refractivity contribution in [2.24, 2.45) is 0 Å². The summed E-state index contributed by atoms with van der Waals surface area (Å²) in [7, 11) is 0. The molecule has 0 fully saturated rings. The zero-order valence-electron chi connectivity index (χ0n) is 17.5. The Morgan fingerprint density at radius 2 is 1.75 bits per heavy atom. The average molecular weight is 448 g/mol. The van der Waals surface area contributed by atoms with Gasteiger partial charge in [0, 0.05) is 22.8 Å². The first-order valence-electron chi connectivity index (χ1n) is 10.2. The Hall–Kier alpha value is -3.64. The lowest BCUT2D eigenvalue weighted by Crippen LogP contribution is -2.37. The molecule has 1 heterocycles. The van der Waals surface area contributed by atoms with Gasteiger partial charge in [0.25, 0.3) is 5.91 Å². The SMILES string of the molecule is Cc1nc2cc(C(=O)N(CCc3ccc(Cl)cc3)CC(=O)O)ccc2n1-c1ccccc1. The first-order valence-corrected chi connectivity index (χ1v) is 10.6. The fraction of sp³-hybridized carbons (Fsp3) is 0.160. The Morgan fingerprint density at radius 3 is 2.44 bits per heavy atom. The summed E-state index contributed by atoms with van der Waals surface area (Å²) in [5.41, 5.74) is 3.95. The molecule has 4 rings (SSSR count). The van der Waals surface area contributed by atoms with Gasteiger partial charge >= 0.3 is 5.97 Å². The minimum atomic E-state index is -1.06. The second-order valence-electron chi connectivity index (χ2n) is 7.53. The molecule has 6 nitrogen and oxygen atoms in total. The number of fused-ring (bicyclic) bond motifs is 1. The Bertz CT molecular complexity index is 1270. The molecular formula is C25H22ClN3O3. The van der Waals surface area contributed by atoms with Gasteiger partial charge in [-0.25, -0.2) is 4.98 Å². The molecular weight excluding hydrogens is 426 g/mol. The zero-order valence-corrected chi connectivity index (χ0v) is 18.3. The van der Waals surface area contributed by atoms with Gasteiger partial charge in [0.1, 0.15) is 12.4 Å². The number of para-hydroxylation sites is 1. The van der Waals surface area contributed by atoms with Crippen molar-refractivity contribution in [2.45, 2.75) is 13.3 Å². The number of halogens is 1. The predicted octanol–water partition coefficient (Wildman–Crippen LogP) is 4.76. The number of imidazole rings is 1. The number of carboxylic acids is 1. The first kappa shape index (κ1) is 21.6. The Labute approximate surface area is 190 Å². The van der Waals surface area contributed by atoms with Crippen molar-refractivity contribution in [3.05, 3.63) is 94.8 Å². The third kappa shape index (κ3) is 4.65. The molecule has 7 heteroatoms. The van der Waals surface area contributed by atoms with Crippen molar-refractivity contribution >= 4 is 34.5 Å². The molecule has 1 aromatic heterocycles. The van der Waals surface area contributed by atoms with Crippen LogP contribution in [0.5, 0.6) is 0 Å². The van der Waals surface area contributed by atoms with Crippen molar-refractivity contribution in [3.63, 3.8) is 0 Å². The molecule has 4 aromatic rings. The number of aryl methyl sites for hydroxylation is 1. The number of hydrogen-bond acceptors (Lipinski definition) is 3. The highest BCUT2D eigenvalue weighted by Crippen LogP contribution is 2.23.